The zero-order chi connectivity index (χ0) is 26.9. The van der Waals surface area contributed by atoms with E-state index < -0.39 is 48.0 Å². The summed E-state index contributed by atoms with van der Waals surface area (Å²) in [7, 11) is 3.10. The van der Waals surface area contributed by atoms with E-state index in [9.17, 15) is 24.0 Å². The second-order valence-corrected chi connectivity index (χ2v) is 9.24. The third kappa shape index (κ3) is 7.42. The van der Waals surface area contributed by atoms with Crippen LogP contribution < -0.4 is 21.1 Å². The number of nitrogens with zero attached hydrogens (tertiary/aromatic N) is 2. The molecule has 0 unspecified atom stereocenters. The zero-order valence-electron chi connectivity index (χ0n) is 21.2. The van der Waals surface area contributed by atoms with Gasteiger partial charge in [0.05, 0.1) is 31.2 Å². The number of hydrogen-bond acceptors (Lipinski definition) is 7. The Morgan fingerprint density at radius 3 is 2.65 bits per heavy atom. The van der Waals surface area contributed by atoms with Crippen molar-refractivity contribution in [3.63, 3.8) is 0 Å². The number of nitrogens with two attached hydrogens (primary N) is 1. The van der Waals surface area contributed by atoms with Gasteiger partial charge in [-0.05, 0) is 31.4 Å². The van der Waals surface area contributed by atoms with Crippen LogP contribution in [0.2, 0.25) is 0 Å². The van der Waals surface area contributed by atoms with Gasteiger partial charge in [-0.1, -0.05) is 12.1 Å². The van der Waals surface area contributed by atoms with E-state index in [2.05, 4.69) is 10.6 Å². The molecule has 2 aliphatic rings. The van der Waals surface area contributed by atoms with Gasteiger partial charge >= 0.3 is 0 Å². The van der Waals surface area contributed by atoms with Gasteiger partial charge in [0.1, 0.15) is 24.4 Å². The summed E-state index contributed by atoms with van der Waals surface area (Å²) < 4.78 is 11.0. The highest BCUT2D eigenvalue weighted by molar-refractivity contribution is 6.01. The molecule has 0 radical (unpaired) electrons. The average molecular weight is 518 g/mol. The van der Waals surface area contributed by atoms with E-state index in [1.54, 1.807) is 43.3 Å². The van der Waals surface area contributed by atoms with Gasteiger partial charge in [-0.15, -0.1) is 0 Å². The van der Waals surface area contributed by atoms with Crippen LogP contribution in [0, 0.1) is 0 Å². The number of amides is 5. The van der Waals surface area contributed by atoms with Gasteiger partial charge in [-0.25, -0.2) is 0 Å². The fraction of sp³-hybridized carbons (Fsp3) is 0.560. The molecule has 202 valence electrons. The number of likely N-dealkylation sites (tertiary alicyclic amines) is 1. The SMILES string of the molecule is COC[C@@H]1CCCN1C(=O)[C@@H]1CC(=O)N[C@@H](CCC(N)=O)C(=O)N(C)CCOc2ccccc2C(=O)N1. The first-order chi connectivity index (χ1) is 17.7. The van der Waals surface area contributed by atoms with E-state index in [4.69, 9.17) is 15.2 Å². The van der Waals surface area contributed by atoms with Crippen molar-refractivity contribution in [3.05, 3.63) is 29.8 Å². The van der Waals surface area contributed by atoms with Crippen LogP contribution in [0.3, 0.4) is 0 Å². The minimum atomic E-state index is -1.19. The Balaban J connectivity index is 1.92. The average Bonchev–Trinajstić information content (AvgIpc) is 3.33. The Kier molecular flexibility index (Phi) is 9.84. The van der Waals surface area contributed by atoms with Crippen molar-refractivity contribution < 1.29 is 33.4 Å². The van der Waals surface area contributed by atoms with Crippen LogP contribution in [-0.4, -0.2) is 97.9 Å². The Labute approximate surface area is 215 Å². The lowest BCUT2D eigenvalue weighted by molar-refractivity contribution is -0.138. The first-order valence-electron chi connectivity index (χ1n) is 12.4. The summed E-state index contributed by atoms with van der Waals surface area (Å²) in [4.78, 5) is 67.3. The van der Waals surface area contributed by atoms with Crippen LogP contribution in [0.15, 0.2) is 24.3 Å². The van der Waals surface area contributed by atoms with Crippen LogP contribution in [0.5, 0.6) is 5.75 Å². The summed E-state index contributed by atoms with van der Waals surface area (Å²) in [5.74, 6) is -2.32. The van der Waals surface area contributed by atoms with E-state index in [0.717, 1.165) is 12.8 Å². The van der Waals surface area contributed by atoms with Gasteiger partial charge in [0.25, 0.3) is 5.91 Å². The molecule has 4 N–H and O–H groups in total. The van der Waals surface area contributed by atoms with Crippen molar-refractivity contribution in [2.24, 2.45) is 5.73 Å². The van der Waals surface area contributed by atoms with Crippen molar-refractivity contribution >= 4 is 29.5 Å². The van der Waals surface area contributed by atoms with Crippen molar-refractivity contribution in [3.8, 4) is 5.75 Å². The molecule has 0 aliphatic carbocycles. The molecule has 1 saturated heterocycles. The number of para-hydroxylation sites is 1. The predicted octanol–water partition coefficient (Wildman–Crippen LogP) is -0.586. The molecular formula is C25H35N5O7. The number of fused-ring (bicyclic) bond motifs is 1. The highest BCUT2D eigenvalue weighted by Gasteiger charge is 2.36. The van der Waals surface area contributed by atoms with Crippen LogP contribution in [0.25, 0.3) is 0 Å². The highest BCUT2D eigenvalue weighted by atomic mass is 16.5. The van der Waals surface area contributed by atoms with E-state index in [-0.39, 0.29) is 43.3 Å². The molecule has 0 bridgehead atoms. The molecule has 0 saturated carbocycles. The van der Waals surface area contributed by atoms with Gasteiger partial charge in [0, 0.05) is 27.1 Å². The van der Waals surface area contributed by atoms with Crippen molar-refractivity contribution in [1.82, 2.24) is 20.4 Å². The lowest BCUT2D eigenvalue weighted by atomic mass is 10.1. The molecule has 1 fully saturated rings. The number of benzene rings is 1. The number of methoxy groups -OCH3 is 1. The van der Waals surface area contributed by atoms with Crippen LogP contribution >= 0.6 is 0 Å². The molecule has 2 aliphatic heterocycles. The second kappa shape index (κ2) is 13.0. The van der Waals surface area contributed by atoms with Gasteiger partial charge < -0.3 is 35.6 Å². The number of nitrogens with one attached hydrogen (secondary N) is 2. The third-order valence-corrected chi connectivity index (χ3v) is 6.52. The molecule has 12 heteroatoms. The monoisotopic (exact) mass is 517 g/mol. The Morgan fingerprint density at radius 1 is 1.16 bits per heavy atom. The normalized spacial score (nSPS) is 23.4. The van der Waals surface area contributed by atoms with Gasteiger partial charge in [0.15, 0.2) is 0 Å². The summed E-state index contributed by atoms with van der Waals surface area (Å²) in [5, 5.41) is 5.33. The largest absolute Gasteiger partial charge is 0.491 e. The molecule has 5 amide bonds. The Morgan fingerprint density at radius 2 is 1.92 bits per heavy atom. The second-order valence-electron chi connectivity index (χ2n) is 9.24. The lowest BCUT2D eigenvalue weighted by Gasteiger charge is -2.30. The molecule has 2 heterocycles. The Bertz CT molecular complexity index is 1020. The minimum absolute atomic E-state index is 0.000940. The zero-order valence-corrected chi connectivity index (χ0v) is 21.2. The molecule has 1 aromatic carbocycles. The van der Waals surface area contributed by atoms with Crippen molar-refractivity contribution in [1.29, 1.82) is 0 Å². The predicted molar refractivity (Wildman–Crippen MR) is 132 cm³/mol. The number of rotatable bonds is 6. The first kappa shape index (κ1) is 27.9. The molecule has 0 aromatic heterocycles. The maximum Gasteiger partial charge on any atom is 0.255 e. The number of carbonyl (C=O) groups is 5. The molecule has 0 spiro atoms. The van der Waals surface area contributed by atoms with Gasteiger partial charge in [0.2, 0.25) is 23.6 Å². The van der Waals surface area contributed by atoms with E-state index in [1.807, 2.05) is 0 Å². The Hall–Kier alpha value is -3.67. The number of ether oxygens (including phenoxy) is 2. The fourth-order valence-electron chi connectivity index (χ4n) is 4.56. The van der Waals surface area contributed by atoms with E-state index in [1.165, 1.54) is 4.90 Å². The van der Waals surface area contributed by atoms with Crippen LogP contribution in [0.1, 0.15) is 42.5 Å². The fourth-order valence-corrected chi connectivity index (χ4v) is 4.56. The number of likely N-dealkylation sites (N-methyl/N-ethyl adjacent to an activating group) is 1. The van der Waals surface area contributed by atoms with Crippen molar-refractivity contribution in [2.45, 2.75) is 50.2 Å². The molecule has 12 nitrogen and oxygen atoms in total. The van der Waals surface area contributed by atoms with E-state index >= 15 is 0 Å². The maximum absolute atomic E-state index is 13.5. The lowest BCUT2D eigenvalue weighted by Crippen LogP contribution is -2.54. The third-order valence-electron chi connectivity index (χ3n) is 6.52. The number of carbonyl (C=O) groups excluding carboxylic acids is 5. The summed E-state index contributed by atoms with van der Waals surface area (Å²) in [6.45, 7) is 1.07. The summed E-state index contributed by atoms with van der Waals surface area (Å²) in [6, 6.07) is 4.18. The standard InChI is InChI=1S/C25H35N5O7/c1-29-12-13-37-20-8-4-3-7-17(20)23(33)28-19(25(35)30-11-5-6-16(30)15-36-2)14-22(32)27-18(24(29)34)9-10-21(26)31/h3-4,7-8,16,18-19H,5-6,9-15H2,1-2H3,(H2,26,31)(H,27,32)(H,28,33)/t16-,18-,19-/m0/s1. The quantitative estimate of drug-likeness (QED) is 0.455. The molecule has 3 rings (SSSR count). The topological polar surface area (TPSA) is 160 Å². The van der Waals surface area contributed by atoms with Crippen molar-refractivity contribution in [2.75, 3.05) is 40.5 Å². The van der Waals surface area contributed by atoms with Crippen LogP contribution in [-0.2, 0) is 23.9 Å². The smallest absolute Gasteiger partial charge is 0.255 e. The van der Waals surface area contributed by atoms with E-state index in [0.29, 0.717) is 13.2 Å². The van der Waals surface area contributed by atoms with Gasteiger partial charge in [-0.3, -0.25) is 24.0 Å². The molecule has 37 heavy (non-hydrogen) atoms. The number of primary amides is 1. The number of hydrogen-bond donors (Lipinski definition) is 3. The summed E-state index contributed by atoms with van der Waals surface area (Å²) >= 11 is 0. The van der Waals surface area contributed by atoms with Gasteiger partial charge in [-0.2, -0.15) is 0 Å². The van der Waals surface area contributed by atoms with Crippen LogP contribution in [0.4, 0.5) is 0 Å². The molecule has 3 atom stereocenters. The summed E-state index contributed by atoms with van der Waals surface area (Å²) in [5.41, 5.74) is 5.47. The maximum atomic E-state index is 13.5. The summed E-state index contributed by atoms with van der Waals surface area (Å²) in [6.07, 6.45) is 1.02. The highest BCUT2D eigenvalue weighted by Crippen LogP contribution is 2.21. The molecular weight excluding hydrogens is 482 g/mol. The molecule has 1 aromatic rings. The first-order valence-corrected chi connectivity index (χ1v) is 12.4. The minimum Gasteiger partial charge on any atom is -0.491 e.